The minimum atomic E-state index is -0.0433. The van der Waals surface area contributed by atoms with Crippen LogP contribution in [-0.4, -0.2) is 32.0 Å². The van der Waals surface area contributed by atoms with Gasteiger partial charge in [-0.3, -0.25) is 4.79 Å². The Morgan fingerprint density at radius 1 is 1.43 bits per heavy atom. The molecule has 0 aliphatic carbocycles. The van der Waals surface area contributed by atoms with Crippen LogP contribution in [0.25, 0.3) is 0 Å². The Hall–Kier alpha value is -0.780. The zero-order valence-corrected chi connectivity index (χ0v) is 10.5. The molecule has 1 amide bonds. The van der Waals surface area contributed by atoms with Crippen molar-refractivity contribution in [3.8, 4) is 5.75 Å². The number of amides is 1. The van der Waals surface area contributed by atoms with Crippen LogP contribution in [0.1, 0.15) is 10.4 Å². The monoisotopic (exact) mass is 305 g/mol. The van der Waals surface area contributed by atoms with Gasteiger partial charge < -0.3 is 9.64 Å². The van der Waals surface area contributed by atoms with Gasteiger partial charge in [-0.25, -0.2) is 0 Å². The topological polar surface area (TPSA) is 29.5 Å². The lowest BCUT2D eigenvalue weighted by Crippen LogP contribution is -2.22. The maximum Gasteiger partial charge on any atom is 0.257 e. The smallest absolute Gasteiger partial charge is 0.257 e. The van der Waals surface area contributed by atoms with Crippen LogP contribution in [0.5, 0.6) is 5.75 Å². The normalized spacial score (nSPS) is 9.71. The van der Waals surface area contributed by atoms with Crippen molar-refractivity contribution in [1.29, 1.82) is 0 Å². The van der Waals surface area contributed by atoms with Crippen molar-refractivity contribution in [1.82, 2.24) is 4.90 Å². The van der Waals surface area contributed by atoms with Crippen molar-refractivity contribution in [3.63, 3.8) is 0 Å². The van der Waals surface area contributed by atoms with E-state index in [1.165, 1.54) is 4.90 Å². The summed E-state index contributed by atoms with van der Waals surface area (Å²) >= 11 is 2.18. The predicted octanol–water partition coefficient (Wildman–Crippen LogP) is 2.00. The molecule has 0 fully saturated rings. The van der Waals surface area contributed by atoms with Crippen LogP contribution in [-0.2, 0) is 0 Å². The number of carbonyl (C=O) groups excluding carboxylic acids is 1. The molecule has 0 spiro atoms. The lowest BCUT2D eigenvalue weighted by molar-refractivity contribution is 0.0824. The molecule has 0 heterocycles. The molecule has 0 N–H and O–H groups in total. The molecule has 14 heavy (non-hydrogen) atoms. The molecule has 76 valence electrons. The van der Waals surface area contributed by atoms with Crippen molar-refractivity contribution in [2.45, 2.75) is 0 Å². The van der Waals surface area contributed by atoms with Gasteiger partial charge in [-0.15, -0.1) is 0 Å². The summed E-state index contributed by atoms with van der Waals surface area (Å²) in [7, 11) is 5.01. The van der Waals surface area contributed by atoms with E-state index in [9.17, 15) is 4.79 Å². The summed E-state index contributed by atoms with van der Waals surface area (Å²) in [5.74, 6) is 0.578. The van der Waals surface area contributed by atoms with Gasteiger partial charge in [0.25, 0.3) is 5.91 Å². The molecular formula is C10H12INO2. The van der Waals surface area contributed by atoms with E-state index >= 15 is 0 Å². The van der Waals surface area contributed by atoms with Crippen molar-refractivity contribution in [3.05, 3.63) is 27.3 Å². The average Bonchev–Trinajstić information content (AvgIpc) is 2.16. The Morgan fingerprint density at radius 3 is 2.57 bits per heavy atom. The summed E-state index contributed by atoms with van der Waals surface area (Å²) in [6.45, 7) is 0. The van der Waals surface area contributed by atoms with Crippen molar-refractivity contribution in [2.24, 2.45) is 0 Å². The third-order valence-corrected chi connectivity index (χ3v) is 2.47. The molecule has 3 nitrogen and oxygen atoms in total. The second kappa shape index (κ2) is 4.63. The number of carbonyl (C=O) groups is 1. The van der Waals surface area contributed by atoms with E-state index in [4.69, 9.17) is 4.74 Å². The lowest BCUT2D eigenvalue weighted by Gasteiger charge is -2.13. The zero-order chi connectivity index (χ0) is 10.7. The highest BCUT2D eigenvalue weighted by Crippen LogP contribution is 2.22. The van der Waals surface area contributed by atoms with Gasteiger partial charge in [-0.2, -0.15) is 0 Å². The van der Waals surface area contributed by atoms with Gasteiger partial charge >= 0.3 is 0 Å². The summed E-state index contributed by atoms with van der Waals surface area (Å²) in [5.41, 5.74) is 0.595. The summed E-state index contributed by atoms with van der Waals surface area (Å²) in [4.78, 5) is 13.2. The molecule has 0 aliphatic rings. The summed E-state index contributed by atoms with van der Waals surface area (Å²) < 4.78 is 6.20. The molecule has 0 aliphatic heterocycles. The predicted molar refractivity (Wildman–Crippen MR) is 63.7 cm³/mol. The van der Waals surface area contributed by atoms with E-state index in [0.717, 1.165) is 3.57 Å². The minimum absolute atomic E-state index is 0.0433. The second-order valence-electron chi connectivity index (χ2n) is 3.04. The third kappa shape index (κ3) is 2.37. The highest BCUT2D eigenvalue weighted by atomic mass is 127. The van der Waals surface area contributed by atoms with Gasteiger partial charge in [0.2, 0.25) is 0 Å². The Kier molecular flexibility index (Phi) is 3.74. The number of nitrogens with zero attached hydrogens (tertiary/aromatic N) is 1. The van der Waals surface area contributed by atoms with Crippen LogP contribution in [0.15, 0.2) is 18.2 Å². The fourth-order valence-corrected chi connectivity index (χ4v) is 1.55. The summed E-state index contributed by atoms with van der Waals surface area (Å²) in [5, 5.41) is 0. The first-order chi connectivity index (χ1) is 6.56. The van der Waals surface area contributed by atoms with Gasteiger partial charge in [0.05, 0.1) is 12.7 Å². The molecule has 0 radical (unpaired) electrons. The Balaban J connectivity index is 3.14. The number of hydrogen-bond acceptors (Lipinski definition) is 2. The third-order valence-electron chi connectivity index (χ3n) is 1.80. The summed E-state index contributed by atoms with van der Waals surface area (Å²) in [6.07, 6.45) is 0. The molecule has 0 aromatic heterocycles. The van der Waals surface area contributed by atoms with Crippen LogP contribution < -0.4 is 4.74 Å². The first-order valence-electron chi connectivity index (χ1n) is 4.11. The molecule has 1 aromatic carbocycles. The van der Waals surface area contributed by atoms with Crippen LogP contribution >= 0.6 is 22.6 Å². The van der Waals surface area contributed by atoms with E-state index in [0.29, 0.717) is 11.3 Å². The van der Waals surface area contributed by atoms with Crippen LogP contribution in [0, 0.1) is 3.57 Å². The largest absolute Gasteiger partial charge is 0.496 e. The van der Waals surface area contributed by atoms with Crippen LogP contribution in [0.3, 0.4) is 0 Å². The Morgan fingerprint density at radius 2 is 2.07 bits per heavy atom. The van der Waals surface area contributed by atoms with Gasteiger partial charge in [-0.05, 0) is 40.8 Å². The van der Waals surface area contributed by atoms with Crippen LogP contribution in [0.2, 0.25) is 0 Å². The molecule has 0 atom stereocenters. The second-order valence-corrected chi connectivity index (χ2v) is 4.29. The lowest BCUT2D eigenvalue weighted by atomic mass is 10.2. The number of halogens is 1. The molecule has 0 unspecified atom stereocenters. The van der Waals surface area contributed by atoms with Crippen molar-refractivity contribution < 1.29 is 9.53 Å². The van der Waals surface area contributed by atoms with E-state index in [1.54, 1.807) is 27.3 Å². The number of ether oxygens (including phenoxy) is 1. The van der Waals surface area contributed by atoms with E-state index in [-0.39, 0.29) is 5.91 Å². The molecule has 0 bridgehead atoms. The van der Waals surface area contributed by atoms with Gasteiger partial charge in [0.15, 0.2) is 0 Å². The standard InChI is InChI=1S/C10H12INO2/c1-12(2)10(13)8-5-4-7(11)6-9(8)14-3/h4-6H,1-3H3. The fourth-order valence-electron chi connectivity index (χ4n) is 1.08. The molecule has 4 heteroatoms. The van der Waals surface area contributed by atoms with Crippen molar-refractivity contribution >= 4 is 28.5 Å². The molecule has 1 rings (SSSR count). The van der Waals surface area contributed by atoms with E-state index in [2.05, 4.69) is 22.6 Å². The van der Waals surface area contributed by atoms with E-state index < -0.39 is 0 Å². The maximum atomic E-state index is 11.7. The first-order valence-corrected chi connectivity index (χ1v) is 5.19. The maximum absolute atomic E-state index is 11.7. The zero-order valence-electron chi connectivity index (χ0n) is 8.37. The first kappa shape index (κ1) is 11.3. The number of benzene rings is 1. The van der Waals surface area contributed by atoms with Crippen molar-refractivity contribution in [2.75, 3.05) is 21.2 Å². The highest BCUT2D eigenvalue weighted by Gasteiger charge is 2.13. The molecule has 0 saturated carbocycles. The fraction of sp³-hybridized carbons (Fsp3) is 0.300. The number of rotatable bonds is 2. The minimum Gasteiger partial charge on any atom is -0.496 e. The highest BCUT2D eigenvalue weighted by molar-refractivity contribution is 14.1. The van der Waals surface area contributed by atoms with E-state index in [1.807, 2.05) is 12.1 Å². The molecule has 1 aromatic rings. The quantitative estimate of drug-likeness (QED) is 0.782. The van der Waals surface area contributed by atoms with Crippen LogP contribution in [0.4, 0.5) is 0 Å². The molecule has 0 saturated heterocycles. The average molecular weight is 305 g/mol. The van der Waals surface area contributed by atoms with Gasteiger partial charge in [-0.1, -0.05) is 0 Å². The SMILES string of the molecule is COc1cc(I)ccc1C(=O)N(C)C. The van der Waals surface area contributed by atoms with Gasteiger partial charge in [0, 0.05) is 17.7 Å². The number of hydrogen-bond donors (Lipinski definition) is 0. The number of methoxy groups -OCH3 is 1. The molecular weight excluding hydrogens is 293 g/mol. The summed E-state index contributed by atoms with van der Waals surface area (Å²) in [6, 6.07) is 5.51. The Bertz CT molecular complexity index is 350. The van der Waals surface area contributed by atoms with Gasteiger partial charge in [0.1, 0.15) is 5.75 Å². The Labute approximate surface area is 97.2 Å².